The molecular formula is C17H12ClF3N4OS. The Morgan fingerprint density at radius 3 is 2.52 bits per heavy atom. The van der Waals surface area contributed by atoms with Gasteiger partial charge < -0.3 is 10.6 Å². The van der Waals surface area contributed by atoms with E-state index in [-0.39, 0.29) is 17.3 Å². The second-order valence-corrected chi connectivity index (χ2v) is 6.50. The average Bonchev–Trinajstić information content (AvgIpc) is 3.16. The summed E-state index contributed by atoms with van der Waals surface area (Å²) in [7, 11) is 0. The van der Waals surface area contributed by atoms with Crippen molar-refractivity contribution in [3.05, 3.63) is 64.0 Å². The minimum Gasteiger partial charge on any atom is -0.334 e. The SMILES string of the molecule is O=C(NCc1ccc(-c2csnn2)cc1)Nc1cc(C(F)(F)F)ccc1Cl. The molecule has 3 rings (SSSR count). The highest BCUT2D eigenvalue weighted by Gasteiger charge is 2.31. The lowest BCUT2D eigenvalue weighted by Gasteiger charge is -2.12. The first-order chi connectivity index (χ1) is 12.8. The molecule has 0 atom stereocenters. The Balaban J connectivity index is 1.60. The number of rotatable bonds is 4. The zero-order valence-corrected chi connectivity index (χ0v) is 15.1. The molecule has 0 aliphatic rings. The summed E-state index contributed by atoms with van der Waals surface area (Å²) < 4.78 is 42.1. The lowest BCUT2D eigenvalue weighted by Crippen LogP contribution is -2.28. The number of aromatic nitrogens is 2. The Bertz CT molecular complexity index is 930. The number of carbonyl (C=O) groups is 1. The molecule has 0 fully saturated rings. The summed E-state index contributed by atoms with van der Waals surface area (Å²) in [5.74, 6) is 0. The van der Waals surface area contributed by atoms with Crippen LogP contribution in [0.5, 0.6) is 0 Å². The minimum atomic E-state index is -4.52. The van der Waals surface area contributed by atoms with Crippen molar-refractivity contribution in [2.24, 2.45) is 0 Å². The molecule has 5 nitrogen and oxygen atoms in total. The number of hydrogen-bond acceptors (Lipinski definition) is 4. The van der Waals surface area contributed by atoms with E-state index in [9.17, 15) is 18.0 Å². The molecule has 0 bridgehead atoms. The van der Waals surface area contributed by atoms with E-state index in [2.05, 4.69) is 20.2 Å². The van der Waals surface area contributed by atoms with Crippen molar-refractivity contribution in [1.82, 2.24) is 14.9 Å². The smallest absolute Gasteiger partial charge is 0.334 e. The molecule has 27 heavy (non-hydrogen) atoms. The van der Waals surface area contributed by atoms with Crippen LogP contribution in [0.2, 0.25) is 5.02 Å². The van der Waals surface area contributed by atoms with Crippen LogP contribution in [-0.2, 0) is 12.7 Å². The number of hydrogen-bond donors (Lipinski definition) is 2. The lowest BCUT2D eigenvalue weighted by molar-refractivity contribution is -0.137. The predicted octanol–water partition coefficient (Wildman–Crippen LogP) is 5.20. The standard InChI is InChI=1S/C17H12ClF3N4OS/c18-13-6-5-12(17(19,20)21)7-14(13)23-16(26)22-8-10-1-3-11(4-2-10)15-9-27-25-24-15/h1-7,9H,8H2,(H2,22,23,26). The number of halogens is 4. The molecule has 3 aromatic rings. The largest absolute Gasteiger partial charge is 0.416 e. The summed E-state index contributed by atoms with van der Waals surface area (Å²) in [6, 6.07) is 9.38. The number of carbonyl (C=O) groups excluding carboxylic acids is 1. The van der Waals surface area contributed by atoms with Crippen molar-refractivity contribution in [2.45, 2.75) is 12.7 Å². The Hall–Kier alpha value is -2.65. The molecular weight excluding hydrogens is 401 g/mol. The maximum atomic E-state index is 12.8. The zero-order chi connectivity index (χ0) is 19.4. The highest BCUT2D eigenvalue weighted by molar-refractivity contribution is 7.03. The van der Waals surface area contributed by atoms with Gasteiger partial charge in [0.2, 0.25) is 0 Å². The molecule has 1 heterocycles. The summed E-state index contributed by atoms with van der Waals surface area (Å²) in [4.78, 5) is 12.0. The van der Waals surface area contributed by atoms with Crippen molar-refractivity contribution in [1.29, 1.82) is 0 Å². The van der Waals surface area contributed by atoms with E-state index < -0.39 is 17.8 Å². The second kappa shape index (κ2) is 7.93. The number of anilines is 1. The van der Waals surface area contributed by atoms with Crippen LogP contribution in [0.1, 0.15) is 11.1 Å². The van der Waals surface area contributed by atoms with E-state index in [0.29, 0.717) is 0 Å². The van der Waals surface area contributed by atoms with Gasteiger partial charge in [0, 0.05) is 17.5 Å². The molecule has 2 amide bonds. The number of benzene rings is 2. The fraction of sp³-hybridized carbons (Fsp3) is 0.118. The number of amides is 2. The molecule has 0 saturated heterocycles. The van der Waals surface area contributed by atoms with E-state index >= 15 is 0 Å². The highest BCUT2D eigenvalue weighted by atomic mass is 35.5. The Labute approximate surface area is 161 Å². The average molecular weight is 413 g/mol. The van der Waals surface area contributed by atoms with Crippen LogP contribution >= 0.6 is 23.1 Å². The predicted molar refractivity (Wildman–Crippen MR) is 97.7 cm³/mol. The van der Waals surface area contributed by atoms with Crippen LogP contribution in [0.4, 0.5) is 23.7 Å². The Morgan fingerprint density at radius 1 is 1.15 bits per heavy atom. The molecule has 0 spiro atoms. The number of alkyl halides is 3. The zero-order valence-electron chi connectivity index (χ0n) is 13.5. The molecule has 0 aliphatic heterocycles. The van der Waals surface area contributed by atoms with Crippen molar-refractivity contribution in [3.8, 4) is 11.3 Å². The quantitative estimate of drug-likeness (QED) is 0.619. The maximum Gasteiger partial charge on any atom is 0.416 e. The Kier molecular flexibility index (Phi) is 5.62. The summed E-state index contributed by atoms with van der Waals surface area (Å²) in [5.41, 5.74) is 1.46. The van der Waals surface area contributed by atoms with Crippen molar-refractivity contribution < 1.29 is 18.0 Å². The van der Waals surface area contributed by atoms with Gasteiger partial charge in [-0.05, 0) is 35.3 Å². The van der Waals surface area contributed by atoms with Gasteiger partial charge in [-0.15, -0.1) is 5.10 Å². The maximum absolute atomic E-state index is 12.8. The molecule has 0 unspecified atom stereocenters. The van der Waals surface area contributed by atoms with Gasteiger partial charge in [-0.2, -0.15) is 13.2 Å². The second-order valence-electron chi connectivity index (χ2n) is 5.49. The molecule has 0 aliphatic carbocycles. The Morgan fingerprint density at radius 2 is 1.89 bits per heavy atom. The topological polar surface area (TPSA) is 66.9 Å². The fourth-order valence-corrected chi connectivity index (χ4v) is 2.86. The first kappa shape index (κ1) is 19.1. The van der Waals surface area contributed by atoms with E-state index in [1.54, 1.807) is 0 Å². The molecule has 0 saturated carbocycles. The molecule has 10 heteroatoms. The molecule has 2 aromatic carbocycles. The van der Waals surface area contributed by atoms with Gasteiger partial charge in [-0.1, -0.05) is 40.4 Å². The van der Waals surface area contributed by atoms with Gasteiger partial charge in [0.15, 0.2) is 0 Å². The normalized spacial score (nSPS) is 11.3. The number of urea groups is 1. The summed E-state index contributed by atoms with van der Waals surface area (Å²) in [6.45, 7) is 0.192. The lowest BCUT2D eigenvalue weighted by atomic mass is 10.1. The summed E-state index contributed by atoms with van der Waals surface area (Å²) in [5, 5.41) is 10.7. The van der Waals surface area contributed by atoms with E-state index in [0.717, 1.165) is 35.0 Å². The van der Waals surface area contributed by atoms with Crippen LogP contribution in [0.3, 0.4) is 0 Å². The van der Waals surface area contributed by atoms with Crippen LogP contribution in [0, 0.1) is 0 Å². The van der Waals surface area contributed by atoms with E-state index in [1.807, 2.05) is 29.6 Å². The molecule has 140 valence electrons. The van der Waals surface area contributed by atoms with Gasteiger partial charge in [0.1, 0.15) is 5.69 Å². The molecule has 2 N–H and O–H groups in total. The summed E-state index contributed by atoms with van der Waals surface area (Å²) >= 11 is 7.10. The fourth-order valence-electron chi connectivity index (χ4n) is 2.23. The summed E-state index contributed by atoms with van der Waals surface area (Å²) in [6.07, 6.45) is -4.52. The van der Waals surface area contributed by atoms with Crippen LogP contribution in [0.15, 0.2) is 47.8 Å². The van der Waals surface area contributed by atoms with Crippen molar-refractivity contribution in [3.63, 3.8) is 0 Å². The first-order valence-corrected chi connectivity index (χ1v) is 8.82. The van der Waals surface area contributed by atoms with Gasteiger partial charge >= 0.3 is 12.2 Å². The third-order valence-electron chi connectivity index (χ3n) is 3.60. The van der Waals surface area contributed by atoms with Crippen molar-refractivity contribution >= 4 is 34.9 Å². The highest BCUT2D eigenvalue weighted by Crippen LogP contribution is 2.33. The van der Waals surface area contributed by atoms with E-state index in [4.69, 9.17) is 11.6 Å². The molecule has 0 radical (unpaired) electrons. The van der Waals surface area contributed by atoms with Gasteiger partial charge in [-0.3, -0.25) is 0 Å². The minimum absolute atomic E-state index is 0.0133. The third-order valence-corrected chi connectivity index (χ3v) is 4.44. The van der Waals surface area contributed by atoms with E-state index in [1.165, 1.54) is 11.5 Å². The number of nitrogens with zero attached hydrogens (tertiary/aromatic N) is 2. The molecule has 1 aromatic heterocycles. The van der Waals surface area contributed by atoms with Gasteiger partial charge in [0.05, 0.1) is 16.3 Å². The van der Waals surface area contributed by atoms with Crippen LogP contribution in [0.25, 0.3) is 11.3 Å². The first-order valence-electron chi connectivity index (χ1n) is 7.61. The number of nitrogens with one attached hydrogen (secondary N) is 2. The monoisotopic (exact) mass is 412 g/mol. The van der Waals surface area contributed by atoms with Crippen molar-refractivity contribution in [2.75, 3.05) is 5.32 Å². The van der Waals surface area contributed by atoms with Crippen LogP contribution < -0.4 is 10.6 Å². The van der Waals surface area contributed by atoms with Gasteiger partial charge in [0.25, 0.3) is 0 Å². The third kappa shape index (κ3) is 4.95. The van der Waals surface area contributed by atoms with Crippen LogP contribution in [-0.4, -0.2) is 15.6 Å². The van der Waals surface area contributed by atoms with Gasteiger partial charge in [-0.25, -0.2) is 4.79 Å².